The molecule has 2 heterocycles. The molecule has 0 amide bonds. The van der Waals surface area contributed by atoms with Crippen LogP contribution in [-0.2, 0) is 15.7 Å². The maximum absolute atomic E-state index is 13.0. The molecule has 0 aromatic carbocycles. The number of hydrogen-bond donors (Lipinski definition) is 0. The van der Waals surface area contributed by atoms with Crippen LogP contribution >= 0.6 is 0 Å². The van der Waals surface area contributed by atoms with E-state index in [1.165, 1.54) is 6.92 Å². The molecule has 1 aliphatic heterocycles. The molecule has 0 spiro atoms. The lowest BCUT2D eigenvalue weighted by Gasteiger charge is -2.13. The molecule has 5 nitrogen and oxygen atoms in total. The van der Waals surface area contributed by atoms with Crippen LogP contribution in [0.3, 0.4) is 0 Å². The van der Waals surface area contributed by atoms with Gasteiger partial charge in [-0.25, -0.2) is 14.8 Å². The van der Waals surface area contributed by atoms with Gasteiger partial charge < -0.3 is 9.47 Å². The van der Waals surface area contributed by atoms with E-state index in [1.807, 2.05) is 0 Å². The van der Waals surface area contributed by atoms with E-state index in [4.69, 9.17) is 4.74 Å². The van der Waals surface area contributed by atoms with Crippen molar-refractivity contribution in [2.45, 2.75) is 25.4 Å². The van der Waals surface area contributed by atoms with E-state index < -0.39 is 23.4 Å². The summed E-state index contributed by atoms with van der Waals surface area (Å²) in [6, 6.07) is 0. The number of alkyl halides is 3. The average molecular weight is 290 g/mol. The highest BCUT2D eigenvalue weighted by atomic mass is 19.4. The van der Waals surface area contributed by atoms with Gasteiger partial charge in [-0.3, -0.25) is 0 Å². The van der Waals surface area contributed by atoms with Crippen LogP contribution in [0, 0.1) is 0 Å². The SMILES string of the molecule is CCOC(=O)c1cnc(C2CCOC2)nc1C(F)(F)F. The first-order chi connectivity index (χ1) is 9.43. The second-order valence-electron chi connectivity index (χ2n) is 4.27. The predicted molar refractivity (Wildman–Crippen MR) is 61.2 cm³/mol. The summed E-state index contributed by atoms with van der Waals surface area (Å²) in [5.74, 6) is -1.30. The van der Waals surface area contributed by atoms with E-state index in [0.717, 1.165) is 6.20 Å². The summed E-state index contributed by atoms with van der Waals surface area (Å²) in [4.78, 5) is 18.9. The number of halogens is 3. The Morgan fingerprint density at radius 1 is 1.55 bits per heavy atom. The predicted octanol–water partition coefficient (Wildman–Crippen LogP) is 2.18. The molecule has 1 aromatic rings. The summed E-state index contributed by atoms with van der Waals surface area (Å²) in [5.41, 5.74) is -1.92. The topological polar surface area (TPSA) is 61.3 Å². The Morgan fingerprint density at radius 2 is 2.30 bits per heavy atom. The largest absolute Gasteiger partial charge is 0.462 e. The smallest absolute Gasteiger partial charge is 0.434 e. The Bertz CT molecular complexity index is 499. The minimum atomic E-state index is -4.74. The normalized spacial score (nSPS) is 19.1. The van der Waals surface area contributed by atoms with Gasteiger partial charge in [0.2, 0.25) is 0 Å². The molecule has 1 saturated heterocycles. The first-order valence-electron chi connectivity index (χ1n) is 6.12. The fourth-order valence-electron chi connectivity index (χ4n) is 1.90. The van der Waals surface area contributed by atoms with Gasteiger partial charge in [-0.1, -0.05) is 0 Å². The minimum Gasteiger partial charge on any atom is -0.462 e. The van der Waals surface area contributed by atoms with Crippen molar-refractivity contribution >= 4 is 5.97 Å². The van der Waals surface area contributed by atoms with E-state index in [9.17, 15) is 18.0 Å². The quantitative estimate of drug-likeness (QED) is 0.798. The Balaban J connectivity index is 2.40. The average Bonchev–Trinajstić information content (AvgIpc) is 2.91. The summed E-state index contributed by atoms with van der Waals surface area (Å²) < 4.78 is 48.6. The van der Waals surface area contributed by atoms with Crippen molar-refractivity contribution in [3.63, 3.8) is 0 Å². The van der Waals surface area contributed by atoms with Gasteiger partial charge in [-0.05, 0) is 13.3 Å². The molecule has 0 N–H and O–H groups in total. The number of ether oxygens (including phenoxy) is 2. The second-order valence-corrected chi connectivity index (χ2v) is 4.27. The van der Waals surface area contributed by atoms with Gasteiger partial charge in [-0.15, -0.1) is 0 Å². The van der Waals surface area contributed by atoms with E-state index in [1.54, 1.807) is 0 Å². The lowest BCUT2D eigenvalue weighted by molar-refractivity contribution is -0.142. The first kappa shape index (κ1) is 14.7. The molecule has 1 unspecified atom stereocenters. The highest BCUT2D eigenvalue weighted by molar-refractivity contribution is 5.90. The van der Waals surface area contributed by atoms with Crippen LogP contribution in [0.1, 0.15) is 41.1 Å². The fourth-order valence-corrected chi connectivity index (χ4v) is 1.90. The maximum atomic E-state index is 13.0. The molecular weight excluding hydrogens is 277 g/mol. The third-order valence-corrected chi connectivity index (χ3v) is 2.87. The highest BCUT2D eigenvalue weighted by Crippen LogP contribution is 2.32. The van der Waals surface area contributed by atoms with E-state index in [0.29, 0.717) is 13.0 Å². The van der Waals surface area contributed by atoms with Crippen LogP contribution in [0.25, 0.3) is 0 Å². The molecule has 0 bridgehead atoms. The van der Waals surface area contributed by atoms with Gasteiger partial charge in [0.15, 0.2) is 5.69 Å². The van der Waals surface area contributed by atoms with Gasteiger partial charge in [0.05, 0.1) is 13.2 Å². The number of carbonyl (C=O) groups excluding carboxylic acids is 1. The molecule has 110 valence electrons. The Morgan fingerprint density at radius 3 is 2.85 bits per heavy atom. The van der Waals surface area contributed by atoms with Crippen LogP contribution in [0.2, 0.25) is 0 Å². The zero-order chi connectivity index (χ0) is 14.8. The number of esters is 1. The molecule has 0 aliphatic carbocycles. The van der Waals surface area contributed by atoms with E-state index in [2.05, 4.69) is 14.7 Å². The van der Waals surface area contributed by atoms with E-state index >= 15 is 0 Å². The van der Waals surface area contributed by atoms with Crippen molar-refractivity contribution < 1.29 is 27.4 Å². The van der Waals surface area contributed by atoms with Crippen LogP contribution in [0.4, 0.5) is 13.2 Å². The van der Waals surface area contributed by atoms with E-state index in [-0.39, 0.29) is 25.0 Å². The Hall–Kier alpha value is -1.70. The lowest BCUT2D eigenvalue weighted by atomic mass is 10.1. The summed E-state index contributed by atoms with van der Waals surface area (Å²) in [7, 11) is 0. The third-order valence-electron chi connectivity index (χ3n) is 2.87. The lowest BCUT2D eigenvalue weighted by Crippen LogP contribution is -2.20. The van der Waals surface area contributed by atoms with Crippen molar-refractivity contribution in [1.29, 1.82) is 0 Å². The number of rotatable bonds is 3. The van der Waals surface area contributed by atoms with Crippen molar-refractivity contribution in [1.82, 2.24) is 9.97 Å². The standard InChI is InChI=1S/C12H13F3N2O3/c1-2-20-11(18)8-5-16-10(7-3-4-19-6-7)17-9(8)12(13,14)15/h5,7H,2-4,6H2,1H3. The molecule has 1 atom stereocenters. The Labute approximate surface area is 113 Å². The molecule has 0 radical (unpaired) electrons. The summed E-state index contributed by atoms with van der Waals surface area (Å²) in [5, 5.41) is 0. The van der Waals surface area contributed by atoms with Gasteiger partial charge in [0.1, 0.15) is 11.4 Å². The molecular formula is C12H13F3N2O3. The minimum absolute atomic E-state index is 0.0195. The summed E-state index contributed by atoms with van der Waals surface area (Å²) >= 11 is 0. The van der Waals surface area contributed by atoms with Crippen LogP contribution < -0.4 is 0 Å². The molecule has 20 heavy (non-hydrogen) atoms. The Kier molecular flexibility index (Phi) is 4.22. The van der Waals surface area contributed by atoms with Crippen LogP contribution in [-0.4, -0.2) is 35.8 Å². The first-order valence-corrected chi connectivity index (χ1v) is 6.12. The van der Waals surface area contributed by atoms with Crippen LogP contribution in [0.5, 0.6) is 0 Å². The molecule has 1 aliphatic rings. The van der Waals surface area contributed by atoms with Gasteiger partial charge in [-0.2, -0.15) is 13.2 Å². The summed E-state index contributed by atoms with van der Waals surface area (Å²) in [6.45, 7) is 2.25. The maximum Gasteiger partial charge on any atom is 0.434 e. The number of aromatic nitrogens is 2. The zero-order valence-electron chi connectivity index (χ0n) is 10.7. The van der Waals surface area contributed by atoms with Crippen molar-refractivity contribution in [3.8, 4) is 0 Å². The van der Waals surface area contributed by atoms with Gasteiger partial charge >= 0.3 is 12.1 Å². The third kappa shape index (κ3) is 3.06. The molecule has 8 heteroatoms. The van der Waals surface area contributed by atoms with Crippen molar-refractivity contribution in [2.24, 2.45) is 0 Å². The molecule has 1 fully saturated rings. The van der Waals surface area contributed by atoms with Crippen molar-refractivity contribution in [2.75, 3.05) is 19.8 Å². The molecule has 1 aromatic heterocycles. The molecule has 0 saturated carbocycles. The highest BCUT2D eigenvalue weighted by Gasteiger charge is 2.39. The zero-order valence-corrected chi connectivity index (χ0v) is 10.7. The second kappa shape index (κ2) is 5.74. The van der Waals surface area contributed by atoms with Crippen LogP contribution in [0.15, 0.2) is 6.20 Å². The number of carbonyl (C=O) groups is 1. The monoisotopic (exact) mass is 290 g/mol. The molecule has 2 rings (SSSR count). The van der Waals surface area contributed by atoms with Gasteiger partial charge in [0, 0.05) is 18.7 Å². The fraction of sp³-hybridized carbons (Fsp3) is 0.583. The number of hydrogen-bond acceptors (Lipinski definition) is 5. The van der Waals surface area contributed by atoms with Gasteiger partial charge in [0.25, 0.3) is 0 Å². The van der Waals surface area contributed by atoms with Crippen molar-refractivity contribution in [3.05, 3.63) is 23.3 Å². The summed E-state index contributed by atoms with van der Waals surface area (Å²) in [6.07, 6.45) is -3.29. The number of nitrogens with zero attached hydrogens (tertiary/aromatic N) is 2.